The van der Waals surface area contributed by atoms with Gasteiger partial charge in [0, 0.05) is 11.6 Å². The largest absolute Gasteiger partial charge is 0.456 e. The summed E-state index contributed by atoms with van der Waals surface area (Å²) >= 11 is 12.0. The smallest absolute Gasteiger partial charge is 0.146 e. The van der Waals surface area contributed by atoms with Crippen LogP contribution in [0.4, 0.5) is 0 Å². The Hall–Kier alpha value is -1.22. The van der Waals surface area contributed by atoms with Gasteiger partial charge in [-0.3, -0.25) is 0 Å². The van der Waals surface area contributed by atoms with Gasteiger partial charge in [-0.05, 0) is 35.9 Å². The van der Waals surface area contributed by atoms with Crippen molar-refractivity contribution in [2.24, 2.45) is 5.73 Å². The summed E-state index contributed by atoms with van der Waals surface area (Å²) in [7, 11) is 0. The Balaban J connectivity index is 2.24. The molecule has 0 amide bonds. The maximum absolute atomic E-state index is 6.08. The van der Waals surface area contributed by atoms with Crippen molar-refractivity contribution in [3.05, 3.63) is 58.1 Å². The van der Waals surface area contributed by atoms with E-state index in [1.807, 2.05) is 18.2 Å². The number of halogens is 2. The highest BCUT2D eigenvalue weighted by Gasteiger charge is 2.04. The molecule has 4 heteroatoms. The third-order valence-corrected chi connectivity index (χ3v) is 2.79. The third kappa shape index (κ3) is 3.13. The molecular weight excluding hydrogens is 257 g/mol. The van der Waals surface area contributed by atoms with Crippen LogP contribution in [0, 0.1) is 0 Å². The molecule has 0 bridgehead atoms. The summed E-state index contributed by atoms with van der Waals surface area (Å²) in [5, 5.41) is 1.16. The lowest BCUT2D eigenvalue weighted by Crippen LogP contribution is -1.96. The van der Waals surface area contributed by atoms with Crippen LogP contribution < -0.4 is 10.5 Å². The quantitative estimate of drug-likeness (QED) is 0.903. The lowest BCUT2D eigenvalue weighted by Gasteiger charge is -2.08. The van der Waals surface area contributed by atoms with Crippen molar-refractivity contribution in [1.82, 2.24) is 0 Å². The minimum absolute atomic E-state index is 0.456. The standard InChI is InChI=1S/C13H11Cl2NO/c14-10-2-1-3-11(7-10)17-13-5-4-9(8-16)6-12(13)15/h1-7H,8,16H2. The van der Waals surface area contributed by atoms with Crippen molar-refractivity contribution < 1.29 is 4.74 Å². The van der Waals surface area contributed by atoms with E-state index in [0.29, 0.717) is 28.1 Å². The van der Waals surface area contributed by atoms with Crippen molar-refractivity contribution in [3.63, 3.8) is 0 Å². The fraction of sp³-hybridized carbons (Fsp3) is 0.0769. The third-order valence-electron chi connectivity index (χ3n) is 2.26. The molecule has 0 unspecified atom stereocenters. The highest BCUT2D eigenvalue weighted by Crippen LogP contribution is 2.30. The van der Waals surface area contributed by atoms with Crippen LogP contribution in [0.1, 0.15) is 5.56 Å². The van der Waals surface area contributed by atoms with Crippen LogP contribution in [0.3, 0.4) is 0 Å². The first-order chi connectivity index (χ1) is 8.19. The zero-order valence-corrected chi connectivity index (χ0v) is 10.5. The molecule has 0 radical (unpaired) electrons. The maximum Gasteiger partial charge on any atom is 0.146 e. The zero-order chi connectivity index (χ0) is 12.3. The van der Waals surface area contributed by atoms with E-state index in [1.165, 1.54) is 0 Å². The van der Waals surface area contributed by atoms with E-state index in [1.54, 1.807) is 24.3 Å². The van der Waals surface area contributed by atoms with Crippen LogP contribution in [-0.2, 0) is 6.54 Å². The van der Waals surface area contributed by atoms with Gasteiger partial charge in [-0.2, -0.15) is 0 Å². The van der Waals surface area contributed by atoms with E-state index >= 15 is 0 Å². The van der Waals surface area contributed by atoms with Crippen molar-refractivity contribution in [3.8, 4) is 11.5 Å². The number of benzene rings is 2. The Kier molecular flexibility index (Phi) is 3.89. The van der Waals surface area contributed by atoms with E-state index in [0.717, 1.165) is 5.56 Å². The Bertz CT molecular complexity index is 529. The Morgan fingerprint density at radius 2 is 1.88 bits per heavy atom. The van der Waals surface area contributed by atoms with E-state index in [4.69, 9.17) is 33.7 Å². The van der Waals surface area contributed by atoms with Crippen molar-refractivity contribution in [1.29, 1.82) is 0 Å². The molecule has 2 nitrogen and oxygen atoms in total. The molecule has 0 spiro atoms. The van der Waals surface area contributed by atoms with Crippen LogP contribution in [0.25, 0.3) is 0 Å². The fourth-order valence-corrected chi connectivity index (χ4v) is 1.83. The fourth-order valence-electron chi connectivity index (χ4n) is 1.41. The van der Waals surface area contributed by atoms with Gasteiger partial charge < -0.3 is 10.5 Å². The van der Waals surface area contributed by atoms with Gasteiger partial charge in [0.25, 0.3) is 0 Å². The van der Waals surface area contributed by atoms with Crippen LogP contribution in [0.2, 0.25) is 10.0 Å². The van der Waals surface area contributed by atoms with Crippen LogP contribution >= 0.6 is 23.2 Å². The molecule has 17 heavy (non-hydrogen) atoms. The normalized spacial score (nSPS) is 10.3. The Morgan fingerprint density at radius 1 is 1.06 bits per heavy atom. The van der Waals surface area contributed by atoms with Crippen LogP contribution in [-0.4, -0.2) is 0 Å². The lowest BCUT2D eigenvalue weighted by atomic mass is 10.2. The minimum atomic E-state index is 0.456. The molecule has 0 aromatic heterocycles. The number of nitrogens with two attached hydrogens (primary N) is 1. The second kappa shape index (κ2) is 5.41. The second-order valence-electron chi connectivity index (χ2n) is 3.53. The van der Waals surface area contributed by atoms with Gasteiger partial charge in [0.15, 0.2) is 0 Å². The molecule has 2 N–H and O–H groups in total. The molecule has 0 saturated heterocycles. The van der Waals surface area contributed by atoms with E-state index in [9.17, 15) is 0 Å². The topological polar surface area (TPSA) is 35.2 Å². The highest BCUT2D eigenvalue weighted by atomic mass is 35.5. The molecular formula is C13H11Cl2NO. The van der Waals surface area contributed by atoms with Crippen LogP contribution in [0.15, 0.2) is 42.5 Å². The molecule has 0 fully saturated rings. The number of hydrogen-bond acceptors (Lipinski definition) is 2. The first kappa shape index (κ1) is 12.2. The van der Waals surface area contributed by atoms with Crippen molar-refractivity contribution in [2.75, 3.05) is 0 Å². The Morgan fingerprint density at radius 3 is 2.53 bits per heavy atom. The SMILES string of the molecule is NCc1ccc(Oc2cccc(Cl)c2)c(Cl)c1. The van der Waals surface area contributed by atoms with Gasteiger partial charge in [0.2, 0.25) is 0 Å². The van der Waals surface area contributed by atoms with E-state index in [2.05, 4.69) is 0 Å². The van der Waals surface area contributed by atoms with E-state index in [-0.39, 0.29) is 0 Å². The van der Waals surface area contributed by atoms with Gasteiger partial charge in [-0.15, -0.1) is 0 Å². The Labute approximate surface area is 110 Å². The molecule has 0 aliphatic carbocycles. The first-order valence-electron chi connectivity index (χ1n) is 5.11. The molecule has 0 saturated carbocycles. The molecule has 0 aliphatic heterocycles. The first-order valence-corrected chi connectivity index (χ1v) is 5.86. The molecule has 2 aromatic carbocycles. The second-order valence-corrected chi connectivity index (χ2v) is 4.37. The van der Waals surface area contributed by atoms with Gasteiger partial charge in [-0.1, -0.05) is 35.3 Å². The highest BCUT2D eigenvalue weighted by molar-refractivity contribution is 6.32. The summed E-state index contributed by atoms with van der Waals surface area (Å²) in [5.74, 6) is 1.24. The average Bonchev–Trinajstić information content (AvgIpc) is 2.32. The average molecular weight is 268 g/mol. The maximum atomic E-state index is 6.08. The molecule has 88 valence electrons. The van der Waals surface area contributed by atoms with Crippen molar-refractivity contribution >= 4 is 23.2 Å². The summed E-state index contributed by atoms with van der Waals surface area (Å²) in [6.07, 6.45) is 0. The van der Waals surface area contributed by atoms with Gasteiger partial charge in [0.05, 0.1) is 5.02 Å². The predicted octanol–water partition coefficient (Wildman–Crippen LogP) is 4.24. The summed E-state index contributed by atoms with van der Waals surface area (Å²) < 4.78 is 5.63. The summed E-state index contributed by atoms with van der Waals surface area (Å²) in [6.45, 7) is 0.456. The number of ether oxygens (including phenoxy) is 1. The summed E-state index contributed by atoms with van der Waals surface area (Å²) in [5.41, 5.74) is 6.49. The van der Waals surface area contributed by atoms with Gasteiger partial charge in [0.1, 0.15) is 11.5 Å². The summed E-state index contributed by atoms with van der Waals surface area (Å²) in [6, 6.07) is 12.6. The predicted molar refractivity (Wildman–Crippen MR) is 70.9 cm³/mol. The molecule has 0 aliphatic rings. The van der Waals surface area contributed by atoms with Crippen LogP contribution in [0.5, 0.6) is 11.5 Å². The molecule has 2 rings (SSSR count). The van der Waals surface area contributed by atoms with Crippen molar-refractivity contribution in [2.45, 2.75) is 6.54 Å². The lowest BCUT2D eigenvalue weighted by molar-refractivity contribution is 0.483. The minimum Gasteiger partial charge on any atom is -0.456 e. The van der Waals surface area contributed by atoms with Gasteiger partial charge >= 0.3 is 0 Å². The molecule has 0 atom stereocenters. The van der Waals surface area contributed by atoms with Gasteiger partial charge in [-0.25, -0.2) is 0 Å². The molecule has 2 aromatic rings. The number of rotatable bonds is 3. The van der Waals surface area contributed by atoms with E-state index < -0.39 is 0 Å². The number of hydrogen-bond donors (Lipinski definition) is 1. The zero-order valence-electron chi connectivity index (χ0n) is 8.99. The monoisotopic (exact) mass is 267 g/mol. The summed E-state index contributed by atoms with van der Waals surface area (Å²) in [4.78, 5) is 0. The molecule has 0 heterocycles.